The molecule has 0 bridgehead atoms. The van der Waals surface area contributed by atoms with E-state index in [1.54, 1.807) is 0 Å². The maximum absolute atomic E-state index is 13.4. The number of nitrogens with one attached hydrogen (secondary N) is 1. The molecule has 1 atom stereocenters. The van der Waals surface area contributed by atoms with Gasteiger partial charge in [-0.05, 0) is 50.2 Å². The smallest absolute Gasteiger partial charge is 0.436 e. The van der Waals surface area contributed by atoms with Crippen LogP contribution in [0.15, 0.2) is 24.3 Å². The number of halogens is 3. The Labute approximate surface area is 182 Å². The summed E-state index contributed by atoms with van der Waals surface area (Å²) in [6.07, 6.45) is -2.80. The van der Waals surface area contributed by atoms with Crippen molar-refractivity contribution in [2.75, 3.05) is 13.1 Å². The highest BCUT2D eigenvalue weighted by Gasteiger charge is 2.55. The SMILES string of the molecule is CB(O)N(CC(N)=O)NC(=O)[C@@H]1CCCN1C(=O)C1(c2ccc(OC(F)(F)F)cc2)CC1. The number of likely N-dealkylation sites (tertiary alicyclic amines) is 1. The van der Waals surface area contributed by atoms with Gasteiger partial charge in [0.1, 0.15) is 11.8 Å². The van der Waals surface area contributed by atoms with E-state index in [1.807, 2.05) is 0 Å². The lowest BCUT2D eigenvalue weighted by molar-refractivity contribution is -0.274. The van der Waals surface area contributed by atoms with Crippen molar-refractivity contribution >= 4 is 24.8 Å². The zero-order chi connectivity index (χ0) is 23.7. The molecule has 1 aliphatic heterocycles. The normalized spacial score (nSPS) is 19.6. The molecule has 1 aliphatic carbocycles. The Balaban J connectivity index is 1.72. The second-order valence-corrected chi connectivity index (χ2v) is 8.01. The molecule has 0 unspecified atom stereocenters. The van der Waals surface area contributed by atoms with Gasteiger partial charge in [0.15, 0.2) is 0 Å². The van der Waals surface area contributed by atoms with E-state index in [4.69, 9.17) is 5.73 Å². The standard InChI is InChI=1S/C19H24BF3N4O5/c1-20(31)27(11-15(24)28)25-16(29)14-3-2-10-26(14)17(30)18(8-9-18)12-4-6-13(7-5-12)32-19(21,22)23/h4-7,14,31H,2-3,8-11H2,1H3,(H2,24,28)(H,25,29)/t14-/m0/s1. The molecule has 3 rings (SSSR count). The summed E-state index contributed by atoms with van der Waals surface area (Å²) < 4.78 is 41.0. The van der Waals surface area contributed by atoms with Gasteiger partial charge >= 0.3 is 13.4 Å². The Kier molecular flexibility index (Phi) is 6.70. The molecule has 0 spiro atoms. The molecule has 1 aromatic rings. The summed E-state index contributed by atoms with van der Waals surface area (Å²) in [7, 11) is -1.18. The number of carbonyl (C=O) groups is 3. The van der Waals surface area contributed by atoms with Gasteiger partial charge in [-0.3, -0.25) is 19.8 Å². The van der Waals surface area contributed by atoms with Gasteiger partial charge in [0.25, 0.3) is 5.91 Å². The maximum atomic E-state index is 13.4. The van der Waals surface area contributed by atoms with Crippen molar-refractivity contribution in [2.24, 2.45) is 5.73 Å². The quantitative estimate of drug-likeness (QED) is 0.388. The molecule has 9 nitrogen and oxygen atoms in total. The summed E-state index contributed by atoms with van der Waals surface area (Å²) in [5.74, 6) is -1.96. The van der Waals surface area contributed by atoms with Crippen LogP contribution in [0, 0.1) is 0 Å². The number of primary amides is 1. The number of benzene rings is 1. The summed E-state index contributed by atoms with van der Waals surface area (Å²) in [6.45, 7) is 1.30. The summed E-state index contributed by atoms with van der Waals surface area (Å²) in [5, 5.41) is 9.75. The summed E-state index contributed by atoms with van der Waals surface area (Å²) >= 11 is 0. The van der Waals surface area contributed by atoms with Crippen LogP contribution >= 0.6 is 0 Å². The number of nitrogens with zero attached hydrogens (tertiary/aromatic N) is 2. The fraction of sp³-hybridized carbons (Fsp3) is 0.526. The van der Waals surface area contributed by atoms with Crippen LogP contribution in [0.5, 0.6) is 5.75 Å². The van der Waals surface area contributed by atoms with Gasteiger partial charge < -0.3 is 20.4 Å². The number of hydrogen-bond acceptors (Lipinski definition) is 6. The Morgan fingerprint density at radius 2 is 1.94 bits per heavy atom. The van der Waals surface area contributed by atoms with E-state index in [0.717, 1.165) is 17.1 Å². The first-order valence-corrected chi connectivity index (χ1v) is 10.1. The van der Waals surface area contributed by atoms with Crippen LogP contribution in [0.25, 0.3) is 0 Å². The van der Waals surface area contributed by atoms with Gasteiger partial charge in [-0.25, -0.2) is 4.92 Å². The van der Waals surface area contributed by atoms with E-state index in [-0.39, 0.29) is 11.7 Å². The molecule has 32 heavy (non-hydrogen) atoms. The van der Waals surface area contributed by atoms with Crippen molar-refractivity contribution in [1.82, 2.24) is 15.2 Å². The Morgan fingerprint density at radius 3 is 2.44 bits per heavy atom. The van der Waals surface area contributed by atoms with Crippen molar-refractivity contribution in [3.05, 3.63) is 29.8 Å². The van der Waals surface area contributed by atoms with Gasteiger partial charge in [-0.1, -0.05) is 12.1 Å². The molecule has 0 radical (unpaired) electrons. The molecule has 1 heterocycles. The molecule has 4 N–H and O–H groups in total. The number of alkyl halides is 3. The summed E-state index contributed by atoms with van der Waals surface area (Å²) in [4.78, 5) is 39.7. The van der Waals surface area contributed by atoms with Crippen LogP contribution in [-0.4, -0.2) is 65.1 Å². The number of hydrogen-bond donors (Lipinski definition) is 3. The van der Waals surface area contributed by atoms with E-state index in [0.29, 0.717) is 37.8 Å². The fourth-order valence-electron chi connectivity index (χ4n) is 3.93. The first kappa shape index (κ1) is 23.9. The fourth-order valence-corrected chi connectivity index (χ4v) is 3.93. The second-order valence-electron chi connectivity index (χ2n) is 8.01. The molecule has 13 heteroatoms. The van der Waals surface area contributed by atoms with Crippen molar-refractivity contribution in [1.29, 1.82) is 0 Å². The van der Waals surface area contributed by atoms with Crippen molar-refractivity contribution in [3.63, 3.8) is 0 Å². The van der Waals surface area contributed by atoms with Gasteiger partial charge in [0.05, 0.1) is 12.0 Å². The lowest BCUT2D eigenvalue weighted by Crippen LogP contribution is -2.58. The third-order valence-corrected chi connectivity index (χ3v) is 5.65. The highest BCUT2D eigenvalue weighted by Crippen LogP contribution is 2.50. The first-order valence-electron chi connectivity index (χ1n) is 10.1. The Bertz CT molecular complexity index is 877. The van der Waals surface area contributed by atoms with E-state index < -0.39 is 43.2 Å². The summed E-state index contributed by atoms with van der Waals surface area (Å²) in [6, 6.07) is 4.38. The van der Waals surface area contributed by atoms with Crippen molar-refractivity contribution < 1.29 is 37.3 Å². The first-order chi connectivity index (χ1) is 14.9. The molecule has 1 aromatic carbocycles. The third kappa shape index (κ3) is 5.33. The van der Waals surface area contributed by atoms with E-state index in [9.17, 15) is 32.6 Å². The molecular weight excluding hydrogens is 432 g/mol. The van der Waals surface area contributed by atoms with Crippen LogP contribution in [0.3, 0.4) is 0 Å². The van der Waals surface area contributed by atoms with E-state index in [1.165, 1.54) is 23.9 Å². The zero-order valence-electron chi connectivity index (χ0n) is 17.4. The molecule has 1 saturated heterocycles. The highest BCUT2D eigenvalue weighted by molar-refractivity contribution is 6.45. The minimum absolute atomic E-state index is 0.280. The van der Waals surface area contributed by atoms with Gasteiger partial charge in [0, 0.05) is 6.54 Å². The topological polar surface area (TPSA) is 125 Å². The minimum atomic E-state index is -4.81. The highest BCUT2D eigenvalue weighted by atomic mass is 19.4. The van der Waals surface area contributed by atoms with Crippen LogP contribution < -0.4 is 15.9 Å². The largest absolute Gasteiger partial charge is 0.573 e. The van der Waals surface area contributed by atoms with Crippen molar-refractivity contribution in [2.45, 2.75) is 50.3 Å². The van der Waals surface area contributed by atoms with Crippen LogP contribution in [0.4, 0.5) is 13.2 Å². The number of nitrogens with two attached hydrogens (primary N) is 1. The number of amides is 3. The monoisotopic (exact) mass is 456 g/mol. The molecular formula is C19H24BF3N4O5. The maximum Gasteiger partial charge on any atom is 0.573 e. The minimum Gasteiger partial charge on any atom is -0.436 e. The lowest BCUT2D eigenvalue weighted by atomic mass is 9.87. The van der Waals surface area contributed by atoms with Crippen LogP contribution in [-0.2, 0) is 19.8 Å². The van der Waals surface area contributed by atoms with Crippen LogP contribution in [0.1, 0.15) is 31.2 Å². The van der Waals surface area contributed by atoms with Gasteiger partial charge in [0.2, 0.25) is 11.8 Å². The number of hydrazine groups is 1. The second kappa shape index (κ2) is 8.98. The number of ether oxygens (including phenoxy) is 1. The van der Waals surface area contributed by atoms with Crippen molar-refractivity contribution in [3.8, 4) is 5.75 Å². The molecule has 2 fully saturated rings. The van der Waals surface area contributed by atoms with Gasteiger partial charge in [-0.2, -0.15) is 0 Å². The Morgan fingerprint density at radius 1 is 1.31 bits per heavy atom. The average Bonchev–Trinajstić information content (AvgIpc) is 3.34. The summed E-state index contributed by atoms with van der Waals surface area (Å²) in [5.41, 5.74) is 7.24. The third-order valence-electron chi connectivity index (χ3n) is 5.65. The molecule has 174 valence electrons. The predicted octanol–water partition coefficient (Wildman–Crippen LogP) is 0.537. The molecule has 3 amide bonds. The average molecular weight is 456 g/mol. The molecule has 0 aromatic heterocycles. The van der Waals surface area contributed by atoms with E-state index >= 15 is 0 Å². The zero-order valence-corrected chi connectivity index (χ0v) is 17.4. The molecule has 1 saturated carbocycles. The molecule has 2 aliphatic rings. The number of carbonyl (C=O) groups excluding carboxylic acids is 3. The Hall–Kier alpha value is -2.80. The van der Waals surface area contributed by atoms with E-state index in [2.05, 4.69) is 10.2 Å². The lowest BCUT2D eigenvalue weighted by Gasteiger charge is -2.31. The predicted molar refractivity (Wildman–Crippen MR) is 107 cm³/mol. The number of rotatable bonds is 8. The van der Waals surface area contributed by atoms with Crippen LogP contribution in [0.2, 0.25) is 6.82 Å². The van der Waals surface area contributed by atoms with Gasteiger partial charge in [-0.15, -0.1) is 13.2 Å².